The Hall–Kier alpha value is -3.25. The third-order valence-electron chi connectivity index (χ3n) is 5.28. The number of aliphatic hydroxyl groups is 1. The molecular weight excluding hydrogens is 350 g/mol. The highest BCUT2D eigenvalue weighted by atomic mass is 16.3. The smallest absolute Gasteiger partial charge is 0.183 e. The van der Waals surface area contributed by atoms with E-state index in [2.05, 4.69) is 49.5 Å². The summed E-state index contributed by atoms with van der Waals surface area (Å²) in [5, 5.41) is 13.2. The predicted molar refractivity (Wildman–Crippen MR) is 110 cm³/mol. The van der Waals surface area contributed by atoms with Crippen molar-refractivity contribution in [3.8, 4) is 22.5 Å². The van der Waals surface area contributed by atoms with E-state index in [4.69, 9.17) is 0 Å². The number of aromatic amines is 1. The topological polar surface area (TPSA) is 86.7 Å². The zero-order valence-corrected chi connectivity index (χ0v) is 15.3. The van der Waals surface area contributed by atoms with Gasteiger partial charge < -0.3 is 15.4 Å². The fourth-order valence-electron chi connectivity index (χ4n) is 3.83. The van der Waals surface area contributed by atoms with Gasteiger partial charge in [-0.3, -0.25) is 0 Å². The number of nitrogens with zero attached hydrogens (tertiary/aromatic N) is 3. The summed E-state index contributed by atoms with van der Waals surface area (Å²) >= 11 is 0. The van der Waals surface area contributed by atoms with E-state index >= 15 is 0 Å². The SMILES string of the molecule is O[C@H]1CC[C@@H](Nc2ncnc3nc(-c4cccc(-c5ccccc5)c4)[nH]c23)C1. The summed E-state index contributed by atoms with van der Waals surface area (Å²) in [6, 6.07) is 18.8. The van der Waals surface area contributed by atoms with Crippen LogP contribution in [0.15, 0.2) is 60.9 Å². The van der Waals surface area contributed by atoms with Gasteiger partial charge in [-0.2, -0.15) is 0 Å². The van der Waals surface area contributed by atoms with Gasteiger partial charge in [0.25, 0.3) is 0 Å². The maximum absolute atomic E-state index is 9.77. The second kappa shape index (κ2) is 7.05. The lowest BCUT2D eigenvalue weighted by Crippen LogP contribution is -2.17. The van der Waals surface area contributed by atoms with E-state index in [0.29, 0.717) is 5.65 Å². The molecular formula is C22H21N5O. The number of aromatic nitrogens is 4. The van der Waals surface area contributed by atoms with Crippen LogP contribution in [0.1, 0.15) is 19.3 Å². The first kappa shape index (κ1) is 16.9. The van der Waals surface area contributed by atoms with E-state index in [0.717, 1.165) is 47.5 Å². The second-order valence-corrected chi connectivity index (χ2v) is 7.26. The minimum absolute atomic E-state index is 0.223. The van der Waals surface area contributed by atoms with E-state index < -0.39 is 0 Å². The van der Waals surface area contributed by atoms with Crippen molar-refractivity contribution in [3.05, 3.63) is 60.9 Å². The number of H-pyrrole nitrogens is 1. The average Bonchev–Trinajstić information content (AvgIpc) is 3.35. The highest BCUT2D eigenvalue weighted by Gasteiger charge is 2.24. The van der Waals surface area contributed by atoms with Crippen LogP contribution in [-0.4, -0.2) is 37.2 Å². The van der Waals surface area contributed by atoms with Gasteiger partial charge in [0, 0.05) is 11.6 Å². The molecule has 0 spiro atoms. The number of fused-ring (bicyclic) bond motifs is 1. The van der Waals surface area contributed by atoms with Crippen molar-refractivity contribution in [2.75, 3.05) is 5.32 Å². The summed E-state index contributed by atoms with van der Waals surface area (Å²) in [7, 11) is 0. The van der Waals surface area contributed by atoms with Crippen molar-refractivity contribution in [1.82, 2.24) is 19.9 Å². The monoisotopic (exact) mass is 371 g/mol. The van der Waals surface area contributed by atoms with Gasteiger partial charge in [-0.25, -0.2) is 15.0 Å². The zero-order valence-electron chi connectivity index (χ0n) is 15.3. The number of hydrogen-bond donors (Lipinski definition) is 3. The summed E-state index contributed by atoms with van der Waals surface area (Å²) in [5.74, 6) is 1.50. The van der Waals surface area contributed by atoms with Crippen LogP contribution in [0.2, 0.25) is 0 Å². The minimum Gasteiger partial charge on any atom is -0.393 e. The molecule has 0 radical (unpaired) electrons. The molecule has 6 heteroatoms. The molecule has 4 aromatic rings. The first-order valence-corrected chi connectivity index (χ1v) is 9.57. The lowest BCUT2D eigenvalue weighted by atomic mass is 10.0. The molecule has 5 rings (SSSR count). The largest absolute Gasteiger partial charge is 0.393 e. The van der Waals surface area contributed by atoms with Crippen molar-refractivity contribution >= 4 is 17.0 Å². The molecule has 2 heterocycles. The van der Waals surface area contributed by atoms with Crippen molar-refractivity contribution in [2.24, 2.45) is 0 Å². The average molecular weight is 371 g/mol. The summed E-state index contributed by atoms with van der Waals surface area (Å²) in [5.41, 5.74) is 4.74. The molecule has 1 saturated carbocycles. The van der Waals surface area contributed by atoms with Crippen LogP contribution < -0.4 is 5.32 Å². The molecule has 0 saturated heterocycles. The van der Waals surface area contributed by atoms with E-state index in [1.807, 2.05) is 30.3 Å². The highest BCUT2D eigenvalue weighted by Crippen LogP contribution is 2.29. The van der Waals surface area contributed by atoms with Gasteiger partial charge in [-0.15, -0.1) is 0 Å². The van der Waals surface area contributed by atoms with Crippen LogP contribution in [-0.2, 0) is 0 Å². The number of imidazole rings is 1. The Labute approximate surface area is 162 Å². The molecule has 0 amide bonds. The van der Waals surface area contributed by atoms with Gasteiger partial charge in [0.05, 0.1) is 6.10 Å². The molecule has 2 aromatic carbocycles. The summed E-state index contributed by atoms with van der Waals surface area (Å²) < 4.78 is 0. The van der Waals surface area contributed by atoms with Crippen molar-refractivity contribution in [3.63, 3.8) is 0 Å². The molecule has 2 aromatic heterocycles. The van der Waals surface area contributed by atoms with E-state index in [1.54, 1.807) is 0 Å². The number of hydrogen-bond acceptors (Lipinski definition) is 5. The van der Waals surface area contributed by atoms with Crippen LogP contribution in [0.25, 0.3) is 33.7 Å². The van der Waals surface area contributed by atoms with Gasteiger partial charge in [0.1, 0.15) is 17.7 Å². The molecule has 0 unspecified atom stereocenters. The van der Waals surface area contributed by atoms with Crippen LogP contribution in [0, 0.1) is 0 Å². The van der Waals surface area contributed by atoms with Gasteiger partial charge >= 0.3 is 0 Å². The standard InChI is InChI=1S/C22H21N5O/c28-18-10-9-17(12-18)25-21-19-22(24-13-23-21)27-20(26-19)16-8-4-7-15(11-16)14-5-2-1-3-6-14/h1-8,11,13,17-18,28H,9-10,12H2,(H2,23,24,25,26,27)/t17-,18+/m1/s1. The molecule has 1 fully saturated rings. The van der Waals surface area contributed by atoms with Gasteiger partial charge in [0.15, 0.2) is 11.5 Å². The summed E-state index contributed by atoms with van der Waals surface area (Å²) in [4.78, 5) is 16.8. The van der Waals surface area contributed by atoms with Gasteiger partial charge in [0.2, 0.25) is 0 Å². The Morgan fingerprint density at radius 2 is 1.75 bits per heavy atom. The maximum atomic E-state index is 9.77. The highest BCUT2D eigenvalue weighted by molar-refractivity contribution is 5.86. The fourth-order valence-corrected chi connectivity index (χ4v) is 3.83. The van der Waals surface area contributed by atoms with Gasteiger partial charge in [-0.1, -0.05) is 48.5 Å². The van der Waals surface area contributed by atoms with Crippen LogP contribution in [0.5, 0.6) is 0 Å². The second-order valence-electron chi connectivity index (χ2n) is 7.26. The van der Waals surface area contributed by atoms with Crippen molar-refractivity contribution in [1.29, 1.82) is 0 Å². The number of anilines is 1. The Kier molecular flexibility index (Phi) is 4.25. The van der Waals surface area contributed by atoms with E-state index in [9.17, 15) is 5.11 Å². The normalized spacial score (nSPS) is 19.2. The Balaban J connectivity index is 1.50. The summed E-state index contributed by atoms with van der Waals surface area (Å²) in [6.07, 6.45) is 3.80. The van der Waals surface area contributed by atoms with Gasteiger partial charge in [-0.05, 0) is 36.5 Å². The Bertz CT molecular complexity index is 1110. The van der Waals surface area contributed by atoms with Crippen LogP contribution in [0.3, 0.4) is 0 Å². The number of benzene rings is 2. The molecule has 0 bridgehead atoms. The first-order valence-electron chi connectivity index (χ1n) is 9.57. The van der Waals surface area contributed by atoms with Crippen molar-refractivity contribution in [2.45, 2.75) is 31.4 Å². The molecule has 28 heavy (non-hydrogen) atoms. The fraction of sp³-hybridized carbons (Fsp3) is 0.227. The number of rotatable bonds is 4. The van der Waals surface area contributed by atoms with E-state index in [-0.39, 0.29) is 12.1 Å². The molecule has 2 atom stereocenters. The number of aliphatic hydroxyl groups excluding tert-OH is 1. The Morgan fingerprint density at radius 1 is 0.929 bits per heavy atom. The van der Waals surface area contributed by atoms with E-state index in [1.165, 1.54) is 11.9 Å². The molecule has 1 aliphatic rings. The zero-order chi connectivity index (χ0) is 18.9. The molecule has 140 valence electrons. The Morgan fingerprint density at radius 3 is 2.57 bits per heavy atom. The third kappa shape index (κ3) is 3.23. The minimum atomic E-state index is -0.229. The van der Waals surface area contributed by atoms with Crippen molar-refractivity contribution < 1.29 is 5.11 Å². The molecule has 1 aliphatic carbocycles. The van der Waals surface area contributed by atoms with Crippen LogP contribution >= 0.6 is 0 Å². The molecule has 3 N–H and O–H groups in total. The lowest BCUT2D eigenvalue weighted by Gasteiger charge is -2.12. The third-order valence-corrected chi connectivity index (χ3v) is 5.28. The first-order chi connectivity index (χ1) is 13.8. The molecule has 6 nitrogen and oxygen atoms in total. The summed E-state index contributed by atoms with van der Waals surface area (Å²) in [6.45, 7) is 0. The number of nitrogens with one attached hydrogen (secondary N) is 2. The predicted octanol–water partition coefficient (Wildman–Crippen LogP) is 4.01. The molecule has 0 aliphatic heterocycles. The van der Waals surface area contributed by atoms with Crippen LogP contribution in [0.4, 0.5) is 5.82 Å². The quantitative estimate of drug-likeness (QED) is 0.504. The maximum Gasteiger partial charge on any atom is 0.183 e. The lowest BCUT2D eigenvalue weighted by molar-refractivity contribution is 0.182.